The zero-order valence-electron chi connectivity index (χ0n) is 24.7. The highest BCUT2D eigenvalue weighted by atomic mass is 35.5. The minimum atomic E-state index is -4.31. The molecule has 0 heterocycles. The third-order valence-corrected chi connectivity index (χ3v) is 10.2. The molecule has 2 amide bonds. The maximum atomic E-state index is 14.5. The van der Waals surface area contributed by atoms with Gasteiger partial charge >= 0.3 is 0 Å². The van der Waals surface area contributed by atoms with Crippen LogP contribution in [-0.2, 0) is 32.6 Å². The summed E-state index contributed by atoms with van der Waals surface area (Å²) in [5, 5.41) is 3.57. The monoisotopic (exact) mass is 647 g/mol. The summed E-state index contributed by atoms with van der Waals surface area (Å²) < 4.78 is 42.7. The van der Waals surface area contributed by atoms with Crippen molar-refractivity contribution in [3.63, 3.8) is 0 Å². The fourth-order valence-corrected chi connectivity index (χ4v) is 7.20. The molecule has 0 bridgehead atoms. The summed E-state index contributed by atoms with van der Waals surface area (Å²) >= 11 is 6.55. The van der Waals surface area contributed by atoms with E-state index in [4.69, 9.17) is 11.6 Å². The Morgan fingerprint density at radius 2 is 1.44 bits per heavy atom. The first kappa shape index (κ1) is 32.2. The van der Waals surface area contributed by atoms with Gasteiger partial charge in [0.15, 0.2) is 0 Å². The van der Waals surface area contributed by atoms with Crippen molar-refractivity contribution in [2.75, 3.05) is 10.8 Å². The number of para-hydroxylation sites is 1. The van der Waals surface area contributed by atoms with Crippen LogP contribution in [-0.4, -0.2) is 43.8 Å². The Hall–Kier alpha value is -4.21. The average Bonchev–Trinajstić information content (AvgIpc) is 3.56. The lowest BCUT2D eigenvalue weighted by molar-refractivity contribution is -0.140. The SMILES string of the molecule is O=C(NC1CCCC1)C(Cc1ccccc1)N(Cc1ccccc1Cl)C(=O)CN(c1ccccc1)S(=O)(=O)c1ccc(F)cc1. The summed E-state index contributed by atoms with van der Waals surface area (Å²) in [4.78, 5) is 29.8. The Labute approximate surface area is 268 Å². The normalized spacial score (nSPS) is 14.1. The molecule has 1 fully saturated rings. The topological polar surface area (TPSA) is 86.8 Å². The number of anilines is 1. The summed E-state index contributed by atoms with van der Waals surface area (Å²) in [5.41, 5.74) is 1.72. The van der Waals surface area contributed by atoms with Crippen LogP contribution in [0.2, 0.25) is 5.02 Å². The van der Waals surface area contributed by atoms with Gasteiger partial charge in [-0.3, -0.25) is 13.9 Å². The van der Waals surface area contributed by atoms with Gasteiger partial charge in [0.2, 0.25) is 11.8 Å². The van der Waals surface area contributed by atoms with Gasteiger partial charge in [0.25, 0.3) is 10.0 Å². The van der Waals surface area contributed by atoms with E-state index in [0.29, 0.717) is 10.6 Å². The minimum Gasteiger partial charge on any atom is -0.352 e. The highest BCUT2D eigenvalue weighted by molar-refractivity contribution is 7.92. The molecule has 7 nitrogen and oxygen atoms in total. The number of sulfonamides is 1. The standard InChI is InChI=1S/C35H35ClFN3O4S/c36-32-18-10-7-13-27(32)24-39(33(23-26-11-3-1-4-12-26)35(42)38-29-14-8-9-15-29)34(41)25-40(30-16-5-2-6-17-30)45(43,44)31-21-19-28(37)20-22-31/h1-7,10-13,16-22,29,33H,8-9,14-15,23-25H2,(H,38,42). The molecule has 1 aliphatic carbocycles. The van der Waals surface area contributed by atoms with Gasteiger partial charge in [0, 0.05) is 24.0 Å². The molecule has 0 radical (unpaired) electrons. The predicted molar refractivity (Wildman–Crippen MR) is 174 cm³/mol. The average molecular weight is 648 g/mol. The van der Waals surface area contributed by atoms with Crippen LogP contribution in [0.3, 0.4) is 0 Å². The molecule has 234 valence electrons. The van der Waals surface area contributed by atoms with E-state index in [-0.39, 0.29) is 35.5 Å². The summed E-state index contributed by atoms with van der Waals surface area (Å²) in [6.07, 6.45) is 3.97. The summed E-state index contributed by atoms with van der Waals surface area (Å²) in [6, 6.07) is 28.2. The van der Waals surface area contributed by atoms with Crippen molar-refractivity contribution in [3.05, 3.63) is 131 Å². The van der Waals surface area contributed by atoms with Gasteiger partial charge in [0.1, 0.15) is 18.4 Å². The van der Waals surface area contributed by atoms with E-state index in [2.05, 4.69) is 5.32 Å². The Bertz CT molecular complexity index is 1700. The van der Waals surface area contributed by atoms with Crippen LogP contribution < -0.4 is 9.62 Å². The van der Waals surface area contributed by atoms with Crippen LogP contribution in [0.4, 0.5) is 10.1 Å². The molecule has 0 aliphatic heterocycles. The van der Waals surface area contributed by atoms with Gasteiger partial charge in [-0.1, -0.05) is 91.2 Å². The number of halogens is 2. The van der Waals surface area contributed by atoms with E-state index in [9.17, 15) is 22.4 Å². The van der Waals surface area contributed by atoms with Gasteiger partial charge in [-0.15, -0.1) is 0 Å². The molecule has 1 aliphatic rings. The summed E-state index contributed by atoms with van der Waals surface area (Å²) in [7, 11) is -4.31. The molecule has 10 heteroatoms. The van der Waals surface area contributed by atoms with E-state index in [0.717, 1.165) is 47.7 Å². The van der Waals surface area contributed by atoms with Crippen LogP contribution in [0, 0.1) is 5.82 Å². The highest BCUT2D eigenvalue weighted by Crippen LogP contribution is 2.26. The Kier molecular flexibility index (Phi) is 10.5. The molecule has 45 heavy (non-hydrogen) atoms. The van der Waals surface area contributed by atoms with Crippen molar-refractivity contribution in [1.29, 1.82) is 0 Å². The first-order valence-electron chi connectivity index (χ1n) is 14.9. The molecule has 4 aromatic carbocycles. The van der Waals surface area contributed by atoms with Crippen LogP contribution in [0.1, 0.15) is 36.8 Å². The number of nitrogens with one attached hydrogen (secondary N) is 1. The molecule has 1 atom stereocenters. The number of nitrogens with zero attached hydrogens (tertiary/aromatic N) is 2. The van der Waals surface area contributed by atoms with Gasteiger partial charge in [-0.2, -0.15) is 0 Å². The van der Waals surface area contributed by atoms with Gasteiger partial charge in [-0.05, 0) is 66.4 Å². The van der Waals surface area contributed by atoms with Crippen LogP contribution in [0.15, 0.2) is 114 Å². The largest absolute Gasteiger partial charge is 0.352 e. The van der Waals surface area contributed by atoms with E-state index >= 15 is 0 Å². The molecule has 0 aromatic heterocycles. The van der Waals surface area contributed by atoms with Crippen molar-refractivity contribution < 1.29 is 22.4 Å². The lowest BCUT2D eigenvalue weighted by Crippen LogP contribution is -2.54. The van der Waals surface area contributed by atoms with Crippen molar-refractivity contribution in [2.24, 2.45) is 0 Å². The van der Waals surface area contributed by atoms with Crippen molar-refractivity contribution in [3.8, 4) is 0 Å². The van der Waals surface area contributed by atoms with Gasteiger partial charge < -0.3 is 10.2 Å². The lowest BCUT2D eigenvalue weighted by Gasteiger charge is -2.34. The molecule has 1 unspecified atom stereocenters. The van der Waals surface area contributed by atoms with E-state index < -0.39 is 34.3 Å². The number of rotatable bonds is 12. The summed E-state index contributed by atoms with van der Waals surface area (Å²) in [6.45, 7) is -0.622. The zero-order valence-corrected chi connectivity index (χ0v) is 26.3. The predicted octanol–water partition coefficient (Wildman–Crippen LogP) is 6.37. The quantitative estimate of drug-likeness (QED) is 0.194. The Morgan fingerprint density at radius 3 is 2.09 bits per heavy atom. The number of carbonyl (C=O) groups is 2. The first-order chi connectivity index (χ1) is 21.7. The van der Waals surface area contributed by atoms with E-state index in [1.54, 1.807) is 54.6 Å². The van der Waals surface area contributed by atoms with E-state index in [1.807, 2.05) is 30.3 Å². The number of hydrogen-bond acceptors (Lipinski definition) is 4. The smallest absolute Gasteiger partial charge is 0.264 e. The second kappa shape index (κ2) is 14.7. The van der Waals surface area contributed by atoms with Crippen LogP contribution in [0.5, 0.6) is 0 Å². The lowest BCUT2D eigenvalue weighted by atomic mass is 10.0. The number of benzene rings is 4. The van der Waals surface area contributed by atoms with Crippen LogP contribution in [0.25, 0.3) is 0 Å². The highest BCUT2D eigenvalue weighted by Gasteiger charge is 2.35. The fraction of sp³-hybridized carbons (Fsp3) is 0.257. The second-order valence-electron chi connectivity index (χ2n) is 11.1. The molecule has 1 saturated carbocycles. The van der Waals surface area contributed by atoms with Gasteiger partial charge in [0.05, 0.1) is 10.6 Å². The zero-order chi connectivity index (χ0) is 31.8. The molecule has 5 rings (SSSR count). The molecule has 1 N–H and O–H groups in total. The van der Waals surface area contributed by atoms with E-state index in [1.165, 1.54) is 17.0 Å². The third kappa shape index (κ3) is 8.09. The number of amides is 2. The molecule has 4 aromatic rings. The maximum Gasteiger partial charge on any atom is 0.264 e. The maximum absolute atomic E-state index is 14.5. The Balaban J connectivity index is 1.56. The number of hydrogen-bond donors (Lipinski definition) is 1. The molecular weight excluding hydrogens is 613 g/mol. The molecular formula is C35H35ClFN3O4S. The fourth-order valence-electron chi connectivity index (χ4n) is 5.59. The Morgan fingerprint density at radius 1 is 0.844 bits per heavy atom. The minimum absolute atomic E-state index is 0.00714. The van der Waals surface area contributed by atoms with Crippen molar-refractivity contribution >= 4 is 39.1 Å². The molecule has 0 spiro atoms. The van der Waals surface area contributed by atoms with Crippen molar-refractivity contribution in [1.82, 2.24) is 10.2 Å². The van der Waals surface area contributed by atoms with Crippen LogP contribution >= 0.6 is 11.6 Å². The van der Waals surface area contributed by atoms with Crippen molar-refractivity contribution in [2.45, 2.75) is 55.6 Å². The second-order valence-corrected chi connectivity index (χ2v) is 13.4. The third-order valence-electron chi connectivity index (χ3n) is 8.00. The molecule has 0 saturated heterocycles. The summed E-state index contributed by atoms with van der Waals surface area (Å²) in [5.74, 6) is -1.48. The van der Waals surface area contributed by atoms with Gasteiger partial charge in [-0.25, -0.2) is 12.8 Å². The number of carbonyl (C=O) groups excluding carboxylic acids is 2. The first-order valence-corrected chi connectivity index (χ1v) is 16.7.